The van der Waals surface area contributed by atoms with Crippen LogP contribution in [-0.2, 0) is 0 Å². The van der Waals surface area contributed by atoms with E-state index in [2.05, 4.69) is 10.5 Å². The lowest BCUT2D eigenvalue weighted by molar-refractivity contribution is 0.0955. The number of amides is 1. The summed E-state index contributed by atoms with van der Waals surface area (Å²) in [6, 6.07) is 10.7. The van der Waals surface area contributed by atoms with Gasteiger partial charge in [-0.15, -0.1) is 0 Å². The molecule has 0 saturated heterocycles. The molecule has 1 N–H and O–H groups in total. The Morgan fingerprint density at radius 1 is 1.00 bits per heavy atom. The first-order chi connectivity index (χ1) is 12.5. The minimum atomic E-state index is -0.307. The van der Waals surface area contributed by atoms with Gasteiger partial charge in [-0.05, 0) is 24.3 Å². The van der Waals surface area contributed by atoms with Crippen LogP contribution in [0.4, 0.5) is 5.69 Å². The topological polar surface area (TPSA) is 72.4 Å². The van der Waals surface area contributed by atoms with Crippen molar-refractivity contribution in [3.05, 3.63) is 47.5 Å². The van der Waals surface area contributed by atoms with Gasteiger partial charge in [0.1, 0.15) is 17.2 Å². The molecule has 0 heterocycles. The summed E-state index contributed by atoms with van der Waals surface area (Å²) in [5, 5.41) is 4.01. The molecule has 0 aliphatic rings. The lowest BCUT2D eigenvalue weighted by Crippen LogP contribution is -2.18. The van der Waals surface area contributed by atoms with Gasteiger partial charge in [0.25, 0.3) is 5.91 Å². The minimum absolute atomic E-state index is 0.307. The van der Waals surface area contributed by atoms with Crippen LogP contribution < -0.4 is 24.5 Å². The van der Waals surface area contributed by atoms with Gasteiger partial charge >= 0.3 is 0 Å². The number of nitrogens with zero attached hydrogens (tertiary/aromatic N) is 2. The van der Waals surface area contributed by atoms with Crippen molar-refractivity contribution >= 4 is 17.8 Å². The molecular formula is C19H23N3O4. The van der Waals surface area contributed by atoms with E-state index < -0.39 is 0 Å². The Kier molecular flexibility index (Phi) is 6.43. The Bertz CT molecular complexity index is 761. The highest BCUT2D eigenvalue weighted by Crippen LogP contribution is 2.32. The van der Waals surface area contributed by atoms with Crippen LogP contribution in [0.2, 0.25) is 0 Å². The van der Waals surface area contributed by atoms with Crippen molar-refractivity contribution < 1.29 is 19.0 Å². The molecule has 7 heteroatoms. The summed E-state index contributed by atoms with van der Waals surface area (Å²) in [5.41, 5.74) is 4.63. The Balaban J connectivity index is 2.15. The van der Waals surface area contributed by atoms with Gasteiger partial charge in [-0.2, -0.15) is 5.10 Å². The van der Waals surface area contributed by atoms with Gasteiger partial charge in [-0.3, -0.25) is 4.79 Å². The van der Waals surface area contributed by atoms with Crippen LogP contribution in [0, 0.1) is 0 Å². The summed E-state index contributed by atoms with van der Waals surface area (Å²) in [5.74, 6) is 1.34. The highest BCUT2D eigenvalue weighted by atomic mass is 16.5. The number of hydrogen-bond donors (Lipinski definition) is 1. The highest BCUT2D eigenvalue weighted by molar-refractivity contribution is 5.96. The molecule has 0 aromatic heterocycles. The molecule has 0 unspecified atom stereocenters. The molecule has 0 bridgehead atoms. The number of hydrazone groups is 1. The second-order valence-corrected chi connectivity index (χ2v) is 5.59. The van der Waals surface area contributed by atoms with E-state index in [1.54, 1.807) is 31.4 Å². The molecule has 0 aliphatic carbocycles. The van der Waals surface area contributed by atoms with Gasteiger partial charge < -0.3 is 19.1 Å². The van der Waals surface area contributed by atoms with Crippen molar-refractivity contribution in [2.24, 2.45) is 5.10 Å². The number of hydrogen-bond acceptors (Lipinski definition) is 6. The predicted octanol–water partition coefficient (Wildman–Crippen LogP) is 2.54. The number of ether oxygens (including phenoxy) is 3. The third-order valence-corrected chi connectivity index (χ3v) is 3.76. The van der Waals surface area contributed by atoms with E-state index in [1.807, 2.05) is 31.1 Å². The normalized spacial score (nSPS) is 10.5. The fraction of sp³-hybridized carbons (Fsp3) is 0.263. The zero-order chi connectivity index (χ0) is 19.1. The third kappa shape index (κ3) is 4.44. The van der Waals surface area contributed by atoms with E-state index in [9.17, 15) is 4.79 Å². The second-order valence-electron chi connectivity index (χ2n) is 5.59. The number of anilines is 1. The van der Waals surface area contributed by atoms with Crippen molar-refractivity contribution in [2.45, 2.75) is 0 Å². The van der Waals surface area contributed by atoms with Crippen molar-refractivity contribution in [2.75, 3.05) is 40.3 Å². The third-order valence-electron chi connectivity index (χ3n) is 3.76. The molecule has 0 aliphatic heterocycles. The molecule has 0 saturated carbocycles. The van der Waals surface area contributed by atoms with E-state index >= 15 is 0 Å². The van der Waals surface area contributed by atoms with Gasteiger partial charge in [0, 0.05) is 37.5 Å². The maximum absolute atomic E-state index is 12.2. The molecule has 7 nitrogen and oxygen atoms in total. The van der Waals surface area contributed by atoms with Crippen molar-refractivity contribution in [1.29, 1.82) is 0 Å². The van der Waals surface area contributed by atoms with Crippen LogP contribution in [0.3, 0.4) is 0 Å². The summed E-state index contributed by atoms with van der Waals surface area (Å²) in [7, 11) is 8.51. The molecule has 0 radical (unpaired) electrons. The predicted molar refractivity (Wildman–Crippen MR) is 102 cm³/mol. The van der Waals surface area contributed by atoms with E-state index in [1.165, 1.54) is 20.4 Å². The van der Waals surface area contributed by atoms with E-state index in [0.29, 0.717) is 28.4 Å². The van der Waals surface area contributed by atoms with Crippen LogP contribution >= 0.6 is 0 Å². The molecule has 0 atom stereocenters. The maximum atomic E-state index is 12.2. The summed E-state index contributed by atoms with van der Waals surface area (Å²) in [4.78, 5) is 14.2. The summed E-state index contributed by atoms with van der Waals surface area (Å²) in [6.07, 6.45) is 1.48. The first-order valence-corrected chi connectivity index (χ1v) is 7.91. The number of benzene rings is 2. The van der Waals surface area contributed by atoms with Gasteiger partial charge in [0.2, 0.25) is 0 Å². The van der Waals surface area contributed by atoms with Crippen LogP contribution in [0.25, 0.3) is 0 Å². The average Bonchev–Trinajstić information content (AvgIpc) is 2.67. The lowest BCUT2D eigenvalue weighted by Gasteiger charge is -2.12. The largest absolute Gasteiger partial charge is 0.496 e. The summed E-state index contributed by atoms with van der Waals surface area (Å²) in [6.45, 7) is 0. The van der Waals surface area contributed by atoms with Gasteiger partial charge in [-0.1, -0.05) is 0 Å². The second kappa shape index (κ2) is 8.75. The number of methoxy groups -OCH3 is 3. The molecule has 2 aromatic rings. The smallest absolute Gasteiger partial charge is 0.271 e. The highest BCUT2D eigenvalue weighted by Gasteiger charge is 2.12. The Labute approximate surface area is 153 Å². The summed E-state index contributed by atoms with van der Waals surface area (Å²) >= 11 is 0. The van der Waals surface area contributed by atoms with Crippen molar-refractivity contribution in [3.63, 3.8) is 0 Å². The Morgan fingerprint density at radius 3 is 2.04 bits per heavy atom. The maximum Gasteiger partial charge on any atom is 0.271 e. The molecule has 0 fully saturated rings. The van der Waals surface area contributed by atoms with Crippen LogP contribution in [-0.4, -0.2) is 47.5 Å². The zero-order valence-electron chi connectivity index (χ0n) is 15.6. The van der Waals surface area contributed by atoms with E-state index in [4.69, 9.17) is 14.2 Å². The standard InChI is InChI=1S/C19H23N3O4/c1-22(2)14-8-6-13(7-9-14)19(23)21-20-12-16-17(25-4)10-15(24-3)11-18(16)26-5/h6-12H,1-5H3,(H,21,23)/b20-12+. The molecule has 2 rings (SSSR count). The number of carbonyl (C=O) groups is 1. The fourth-order valence-electron chi connectivity index (χ4n) is 2.29. The monoisotopic (exact) mass is 357 g/mol. The molecule has 0 spiro atoms. The van der Waals surface area contributed by atoms with Crippen molar-refractivity contribution in [3.8, 4) is 17.2 Å². The van der Waals surface area contributed by atoms with Crippen LogP contribution in [0.15, 0.2) is 41.5 Å². The number of carbonyl (C=O) groups excluding carboxylic acids is 1. The van der Waals surface area contributed by atoms with Gasteiger partial charge in [0.05, 0.1) is 33.1 Å². The fourth-order valence-corrected chi connectivity index (χ4v) is 2.29. The SMILES string of the molecule is COc1cc(OC)c(/C=N/NC(=O)c2ccc(N(C)C)cc2)c(OC)c1. The van der Waals surface area contributed by atoms with Crippen LogP contribution in [0.1, 0.15) is 15.9 Å². The first-order valence-electron chi connectivity index (χ1n) is 7.91. The zero-order valence-corrected chi connectivity index (χ0v) is 15.6. The molecule has 138 valence electrons. The molecule has 2 aromatic carbocycles. The average molecular weight is 357 g/mol. The Morgan fingerprint density at radius 2 is 1.58 bits per heavy atom. The summed E-state index contributed by atoms with van der Waals surface area (Å²) < 4.78 is 15.9. The van der Waals surface area contributed by atoms with Gasteiger partial charge in [0.15, 0.2) is 0 Å². The van der Waals surface area contributed by atoms with E-state index in [0.717, 1.165) is 5.69 Å². The van der Waals surface area contributed by atoms with Gasteiger partial charge in [-0.25, -0.2) is 5.43 Å². The van der Waals surface area contributed by atoms with Crippen LogP contribution in [0.5, 0.6) is 17.2 Å². The molecular weight excluding hydrogens is 334 g/mol. The molecule has 26 heavy (non-hydrogen) atoms. The number of rotatable bonds is 7. The minimum Gasteiger partial charge on any atom is -0.496 e. The van der Waals surface area contributed by atoms with Crippen molar-refractivity contribution in [1.82, 2.24) is 5.43 Å². The first kappa shape index (κ1) is 19.1. The molecule has 1 amide bonds. The van der Waals surface area contributed by atoms with E-state index in [-0.39, 0.29) is 5.91 Å². The Hall–Kier alpha value is -3.22. The number of nitrogens with one attached hydrogen (secondary N) is 1. The lowest BCUT2D eigenvalue weighted by atomic mass is 10.2. The quantitative estimate of drug-likeness (QED) is 0.609.